The summed E-state index contributed by atoms with van der Waals surface area (Å²) >= 11 is 0. The topological polar surface area (TPSA) is 93.9 Å². The second-order valence-electron chi connectivity index (χ2n) is 8.60. The highest BCUT2D eigenvalue weighted by molar-refractivity contribution is 6.46. The summed E-state index contributed by atoms with van der Waals surface area (Å²) in [5.41, 5.74) is 2.42. The number of carbonyl (C=O) groups is 2. The van der Waals surface area contributed by atoms with Gasteiger partial charge in [0.2, 0.25) is 0 Å². The van der Waals surface area contributed by atoms with Crippen molar-refractivity contribution in [3.8, 4) is 11.5 Å². The molecule has 8 nitrogen and oxygen atoms in total. The number of imidazole rings is 1. The van der Waals surface area contributed by atoms with Gasteiger partial charge in [-0.05, 0) is 42.2 Å². The van der Waals surface area contributed by atoms with Gasteiger partial charge >= 0.3 is 0 Å². The number of aryl methyl sites for hydroxylation is 2. The van der Waals surface area contributed by atoms with Crippen LogP contribution in [0.25, 0.3) is 5.76 Å². The summed E-state index contributed by atoms with van der Waals surface area (Å²) in [6.07, 6.45) is 6.79. The van der Waals surface area contributed by atoms with Crippen LogP contribution in [0.5, 0.6) is 11.5 Å². The molecule has 1 fully saturated rings. The van der Waals surface area contributed by atoms with Crippen molar-refractivity contribution in [2.24, 2.45) is 0 Å². The standard InChI is InChI=1S/C27H27N3O5/c1-2-18-4-6-19(7-5-18)24-23(25(31)20-8-9-21-22(16-20)35-15-14-34-21)26(32)27(33)30(24)12-3-11-29-13-10-28-17-29/h4-10,13,16-17,24,31H,2-3,11-12,14-15H2,1H3/b25-23+/t24-/m0/s1. The number of hydrogen-bond donors (Lipinski definition) is 1. The van der Waals surface area contributed by atoms with E-state index in [0.29, 0.717) is 49.8 Å². The van der Waals surface area contributed by atoms with Crippen molar-refractivity contribution in [3.63, 3.8) is 0 Å². The molecule has 2 aromatic carbocycles. The number of hydrogen-bond acceptors (Lipinski definition) is 6. The lowest BCUT2D eigenvalue weighted by molar-refractivity contribution is -0.139. The number of rotatable bonds is 7. The van der Waals surface area contributed by atoms with Crippen LogP contribution in [-0.4, -0.2) is 51.0 Å². The lowest BCUT2D eigenvalue weighted by Crippen LogP contribution is -2.31. The number of ether oxygens (including phenoxy) is 2. The molecule has 0 aliphatic carbocycles. The Kier molecular flexibility index (Phi) is 6.27. The van der Waals surface area contributed by atoms with E-state index in [-0.39, 0.29) is 11.3 Å². The maximum Gasteiger partial charge on any atom is 0.295 e. The van der Waals surface area contributed by atoms with E-state index in [2.05, 4.69) is 11.9 Å². The van der Waals surface area contributed by atoms with Crippen molar-refractivity contribution in [1.29, 1.82) is 0 Å². The molecular weight excluding hydrogens is 446 g/mol. The molecule has 1 amide bonds. The van der Waals surface area contributed by atoms with Crippen molar-refractivity contribution in [2.45, 2.75) is 32.4 Å². The average molecular weight is 474 g/mol. The first-order valence-corrected chi connectivity index (χ1v) is 11.8. The third-order valence-corrected chi connectivity index (χ3v) is 6.43. The van der Waals surface area contributed by atoms with Gasteiger partial charge in [-0.25, -0.2) is 4.98 Å². The number of carbonyl (C=O) groups excluding carboxylic acids is 2. The van der Waals surface area contributed by atoms with Gasteiger partial charge in [0.25, 0.3) is 11.7 Å². The van der Waals surface area contributed by atoms with Crippen LogP contribution in [0.15, 0.2) is 66.8 Å². The number of amides is 1. The van der Waals surface area contributed by atoms with Gasteiger partial charge in [0, 0.05) is 31.0 Å². The summed E-state index contributed by atoms with van der Waals surface area (Å²) in [6, 6.07) is 12.2. The Balaban J connectivity index is 1.53. The lowest BCUT2D eigenvalue weighted by Gasteiger charge is -2.26. The molecule has 0 unspecified atom stereocenters. The molecule has 1 aromatic heterocycles. The minimum absolute atomic E-state index is 0.0820. The third kappa shape index (κ3) is 4.39. The molecule has 0 bridgehead atoms. The first kappa shape index (κ1) is 22.7. The van der Waals surface area contributed by atoms with E-state index >= 15 is 0 Å². The van der Waals surface area contributed by atoms with Crippen LogP contribution in [-0.2, 0) is 22.6 Å². The van der Waals surface area contributed by atoms with E-state index < -0.39 is 17.7 Å². The first-order chi connectivity index (χ1) is 17.1. The van der Waals surface area contributed by atoms with E-state index in [4.69, 9.17) is 9.47 Å². The number of Topliss-reactive ketones (excluding diaryl/α,β-unsaturated/α-hetero) is 1. The van der Waals surface area contributed by atoms with Gasteiger partial charge in [0.05, 0.1) is 17.9 Å². The first-order valence-electron chi connectivity index (χ1n) is 11.8. The van der Waals surface area contributed by atoms with Gasteiger partial charge in [-0.2, -0.15) is 0 Å². The van der Waals surface area contributed by atoms with E-state index in [1.165, 1.54) is 0 Å². The number of nitrogens with zero attached hydrogens (tertiary/aromatic N) is 3. The van der Waals surface area contributed by atoms with Crippen LogP contribution in [0.3, 0.4) is 0 Å². The number of aliphatic hydroxyl groups is 1. The van der Waals surface area contributed by atoms with Gasteiger partial charge in [-0.1, -0.05) is 31.2 Å². The Morgan fingerprint density at radius 1 is 1.06 bits per heavy atom. The summed E-state index contributed by atoms with van der Waals surface area (Å²) in [6.45, 7) is 3.95. The number of likely N-dealkylation sites (tertiary alicyclic amines) is 1. The van der Waals surface area contributed by atoms with Gasteiger partial charge in [0.15, 0.2) is 11.5 Å². The number of benzene rings is 2. The van der Waals surface area contributed by atoms with Crippen molar-refractivity contribution in [3.05, 3.63) is 83.4 Å². The van der Waals surface area contributed by atoms with E-state index in [1.807, 2.05) is 35.0 Å². The molecule has 0 saturated carbocycles. The SMILES string of the molecule is CCc1ccc([C@H]2/C(=C(\O)c3ccc4c(c3)OCCO4)C(=O)C(=O)N2CCCn2ccnc2)cc1. The minimum Gasteiger partial charge on any atom is -0.507 e. The van der Waals surface area contributed by atoms with Gasteiger partial charge < -0.3 is 24.0 Å². The summed E-state index contributed by atoms with van der Waals surface area (Å²) in [7, 11) is 0. The van der Waals surface area contributed by atoms with Crippen LogP contribution < -0.4 is 9.47 Å². The second kappa shape index (κ2) is 9.66. The van der Waals surface area contributed by atoms with Crippen LogP contribution >= 0.6 is 0 Å². The van der Waals surface area contributed by atoms with Crippen LogP contribution in [0.4, 0.5) is 0 Å². The zero-order valence-electron chi connectivity index (χ0n) is 19.5. The summed E-state index contributed by atoms with van der Waals surface area (Å²) in [5.74, 6) is -0.441. The maximum atomic E-state index is 13.2. The number of ketones is 1. The molecule has 0 radical (unpaired) electrons. The van der Waals surface area contributed by atoms with Crippen molar-refractivity contribution in [1.82, 2.24) is 14.5 Å². The number of aromatic nitrogens is 2. The smallest absolute Gasteiger partial charge is 0.295 e. The molecule has 1 N–H and O–H groups in total. The number of fused-ring (bicyclic) bond motifs is 1. The van der Waals surface area contributed by atoms with Gasteiger partial charge in [-0.3, -0.25) is 9.59 Å². The number of aliphatic hydroxyl groups excluding tert-OH is 1. The molecule has 2 aliphatic rings. The second-order valence-corrected chi connectivity index (χ2v) is 8.60. The monoisotopic (exact) mass is 473 g/mol. The van der Waals surface area contributed by atoms with Gasteiger partial charge in [0.1, 0.15) is 19.0 Å². The Morgan fingerprint density at radius 3 is 2.54 bits per heavy atom. The van der Waals surface area contributed by atoms with Gasteiger partial charge in [-0.15, -0.1) is 0 Å². The molecule has 35 heavy (non-hydrogen) atoms. The maximum absolute atomic E-state index is 13.2. The third-order valence-electron chi connectivity index (χ3n) is 6.43. The van der Waals surface area contributed by atoms with Crippen LogP contribution in [0.1, 0.15) is 36.1 Å². The molecule has 3 heterocycles. The summed E-state index contributed by atoms with van der Waals surface area (Å²) < 4.78 is 13.1. The average Bonchev–Trinajstić information content (AvgIpc) is 3.50. The largest absolute Gasteiger partial charge is 0.507 e. The molecule has 2 aliphatic heterocycles. The summed E-state index contributed by atoms with van der Waals surface area (Å²) in [4.78, 5) is 32.0. The fourth-order valence-corrected chi connectivity index (χ4v) is 4.58. The highest BCUT2D eigenvalue weighted by atomic mass is 16.6. The molecule has 0 spiro atoms. The van der Waals surface area contributed by atoms with Crippen molar-refractivity contribution in [2.75, 3.05) is 19.8 Å². The zero-order valence-corrected chi connectivity index (χ0v) is 19.5. The Hall–Kier alpha value is -4.07. The highest BCUT2D eigenvalue weighted by Gasteiger charge is 2.45. The fourth-order valence-electron chi connectivity index (χ4n) is 4.58. The normalized spacial score (nSPS) is 18.8. The molecule has 180 valence electrons. The molecule has 1 saturated heterocycles. The quantitative estimate of drug-likeness (QED) is 0.319. The van der Waals surface area contributed by atoms with E-state index in [1.54, 1.807) is 35.6 Å². The van der Waals surface area contributed by atoms with Crippen LogP contribution in [0, 0.1) is 0 Å². The molecule has 8 heteroatoms. The summed E-state index contributed by atoms with van der Waals surface area (Å²) in [5, 5.41) is 11.3. The van der Waals surface area contributed by atoms with E-state index in [0.717, 1.165) is 17.5 Å². The predicted molar refractivity (Wildman–Crippen MR) is 129 cm³/mol. The zero-order chi connectivity index (χ0) is 24.4. The Morgan fingerprint density at radius 2 is 1.83 bits per heavy atom. The molecule has 1 atom stereocenters. The Labute approximate surface area is 203 Å². The van der Waals surface area contributed by atoms with Crippen molar-refractivity contribution >= 4 is 17.4 Å². The highest BCUT2D eigenvalue weighted by Crippen LogP contribution is 2.41. The minimum atomic E-state index is -0.690. The molecule has 3 aromatic rings. The molecular formula is C27H27N3O5. The fraction of sp³-hybridized carbons (Fsp3) is 0.296. The molecule has 5 rings (SSSR count). The predicted octanol–water partition coefficient (Wildman–Crippen LogP) is 3.73. The van der Waals surface area contributed by atoms with Crippen LogP contribution in [0.2, 0.25) is 0 Å². The Bertz CT molecular complexity index is 1260. The van der Waals surface area contributed by atoms with E-state index in [9.17, 15) is 14.7 Å². The lowest BCUT2D eigenvalue weighted by atomic mass is 9.94. The van der Waals surface area contributed by atoms with Crippen molar-refractivity contribution < 1.29 is 24.2 Å².